The summed E-state index contributed by atoms with van der Waals surface area (Å²) in [6, 6.07) is 16.6. The molecule has 3 aromatic rings. The van der Waals surface area contributed by atoms with Crippen molar-refractivity contribution in [3.05, 3.63) is 59.7 Å². The molecule has 1 aliphatic rings. The summed E-state index contributed by atoms with van der Waals surface area (Å²) in [7, 11) is 0. The van der Waals surface area contributed by atoms with Crippen LogP contribution in [0.2, 0.25) is 0 Å². The Bertz CT molecular complexity index is 771. The average Bonchev–Trinajstić information content (AvgIpc) is 3.08. The van der Waals surface area contributed by atoms with E-state index in [1.54, 1.807) is 11.3 Å². The molecule has 0 amide bonds. The van der Waals surface area contributed by atoms with E-state index >= 15 is 0 Å². The lowest BCUT2D eigenvalue weighted by Gasteiger charge is -1.99. The van der Waals surface area contributed by atoms with Crippen LogP contribution < -0.4 is 5.43 Å². The van der Waals surface area contributed by atoms with Crippen LogP contribution in [-0.4, -0.2) is 10.7 Å². The van der Waals surface area contributed by atoms with Gasteiger partial charge in [0.1, 0.15) is 0 Å². The number of nitrogens with one attached hydrogen (secondary N) is 1. The number of aromatic nitrogens is 1. The normalized spacial score (nSPS) is 15.7. The highest BCUT2D eigenvalue weighted by Crippen LogP contribution is 2.26. The van der Waals surface area contributed by atoms with Gasteiger partial charge in [0, 0.05) is 5.56 Å². The van der Waals surface area contributed by atoms with Gasteiger partial charge in [0.2, 0.25) is 5.13 Å². The van der Waals surface area contributed by atoms with Gasteiger partial charge in [-0.3, -0.25) is 5.43 Å². The molecule has 2 aromatic carbocycles. The Labute approximate surface area is 121 Å². The highest BCUT2D eigenvalue weighted by molar-refractivity contribution is 7.22. The molecule has 4 heteroatoms. The molecular formula is C16H13N3S. The van der Waals surface area contributed by atoms with Crippen molar-refractivity contribution in [3.63, 3.8) is 0 Å². The van der Waals surface area contributed by atoms with Crippen molar-refractivity contribution in [1.29, 1.82) is 0 Å². The number of anilines is 1. The molecule has 0 aliphatic heterocycles. The van der Waals surface area contributed by atoms with E-state index in [0.29, 0.717) is 0 Å². The highest BCUT2D eigenvalue weighted by atomic mass is 32.1. The molecule has 0 unspecified atom stereocenters. The zero-order valence-corrected chi connectivity index (χ0v) is 11.7. The van der Waals surface area contributed by atoms with E-state index in [1.165, 1.54) is 15.8 Å². The molecule has 1 aliphatic carbocycles. The third kappa shape index (κ3) is 1.98. The number of rotatable bonds is 2. The lowest BCUT2D eigenvalue weighted by Crippen LogP contribution is -1.99. The molecule has 0 radical (unpaired) electrons. The number of fused-ring (bicyclic) bond motifs is 2. The fraction of sp³-hybridized carbons (Fsp3) is 0.125. The maximum atomic E-state index is 4.54. The molecule has 0 bridgehead atoms. The van der Waals surface area contributed by atoms with Gasteiger partial charge in [-0.05, 0) is 30.5 Å². The Hall–Kier alpha value is -2.20. The van der Waals surface area contributed by atoms with Crippen molar-refractivity contribution in [1.82, 2.24) is 4.98 Å². The van der Waals surface area contributed by atoms with E-state index in [4.69, 9.17) is 0 Å². The summed E-state index contributed by atoms with van der Waals surface area (Å²) in [5.41, 5.74) is 7.91. The maximum absolute atomic E-state index is 4.54. The summed E-state index contributed by atoms with van der Waals surface area (Å²) in [4.78, 5) is 4.53. The monoisotopic (exact) mass is 279 g/mol. The van der Waals surface area contributed by atoms with Gasteiger partial charge in [0.15, 0.2) is 0 Å². The van der Waals surface area contributed by atoms with Gasteiger partial charge in [0.25, 0.3) is 0 Å². The van der Waals surface area contributed by atoms with Crippen LogP contribution in [0.25, 0.3) is 10.2 Å². The minimum absolute atomic E-state index is 0.850. The van der Waals surface area contributed by atoms with Crippen LogP contribution >= 0.6 is 11.3 Å². The predicted molar refractivity (Wildman–Crippen MR) is 84.5 cm³/mol. The van der Waals surface area contributed by atoms with Gasteiger partial charge < -0.3 is 0 Å². The Morgan fingerprint density at radius 2 is 1.85 bits per heavy atom. The highest BCUT2D eigenvalue weighted by Gasteiger charge is 2.16. The van der Waals surface area contributed by atoms with E-state index < -0.39 is 0 Å². The molecule has 1 aromatic heterocycles. The van der Waals surface area contributed by atoms with Crippen LogP contribution in [0.1, 0.15) is 17.5 Å². The smallest absolute Gasteiger partial charge is 0.204 e. The standard InChI is InChI=1S/C16H13N3S/c1-2-6-12-11(5-1)9-10-13(12)18-19-16-17-14-7-3-4-8-15(14)20-16/h1-8H,9-10H2,(H,17,19)/b18-13+. The van der Waals surface area contributed by atoms with Gasteiger partial charge in [-0.15, -0.1) is 0 Å². The number of aryl methyl sites for hydroxylation is 1. The maximum Gasteiger partial charge on any atom is 0.204 e. The van der Waals surface area contributed by atoms with E-state index in [0.717, 1.165) is 29.2 Å². The second kappa shape index (κ2) is 4.72. The van der Waals surface area contributed by atoms with Crippen LogP contribution in [0, 0.1) is 0 Å². The minimum Gasteiger partial charge on any atom is -0.252 e. The number of nitrogens with zero attached hydrogens (tertiary/aromatic N) is 2. The number of para-hydroxylation sites is 1. The SMILES string of the molecule is c1ccc2c(c1)CC/C2=N\Nc1nc2ccccc2s1. The van der Waals surface area contributed by atoms with Crippen molar-refractivity contribution < 1.29 is 0 Å². The van der Waals surface area contributed by atoms with Crippen LogP contribution in [0.5, 0.6) is 0 Å². The fourth-order valence-corrected chi connectivity index (χ4v) is 3.37. The molecule has 20 heavy (non-hydrogen) atoms. The first-order chi connectivity index (χ1) is 9.90. The largest absolute Gasteiger partial charge is 0.252 e. The minimum atomic E-state index is 0.850. The summed E-state index contributed by atoms with van der Waals surface area (Å²) >= 11 is 1.63. The molecule has 98 valence electrons. The van der Waals surface area contributed by atoms with Crippen molar-refractivity contribution in [3.8, 4) is 0 Å². The lowest BCUT2D eigenvalue weighted by atomic mass is 10.1. The molecule has 0 atom stereocenters. The zero-order valence-electron chi connectivity index (χ0n) is 10.8. The van der Waals surface area contributed by atoms with Crippen molar-refractivity contribution in [2.45, 2.75) is 12.8 Å². The van der Waals surface area contributed by atoms with Gasteiger partial charge in [-0.25, -0.2) is 4.98 Å². The summed E-state index contributed by atoms with van der Waals surface area (Å²) in [6.07, 6.45) is 2.08. The lowest BCUT2D eigenvalue weighted by molar-refractivity contribution is 1.09. The van der Waals surface area contributed by atoms with Crippen molar-refractivity contribution >= 4 is 32.4 Å². The quantitative estimate of drug-likeness (QED) is 0.718. The Morgan fingerprint density at radius 3 is 2.80 bits per heavy atom. The predicted octanol–water partition coefficient (Wildman–Crippen LogP) is 4.06. The zero-order chi connectivity index (χ0) is 13.4. The van der Waals surface area contributed by atoms with Crippen LogP contribution in [0.15, 0.2) is 53.6 Å². The van der Waals surface area contributed by atoms with Crippen molar-refractivity contribution in [2.75, 3.05) is 5.43 Å². The summed E-state index contributed by atoms with van der Waals surface area (Å²) < 4.78 is 1.18. The van der Waals surface area contributed by atoms with E-state index in [2.05, 4.69) is 45.8 Å². The Balaban J connectivity index is 1.63. The molecule has 0 fully saturated rings. The van der Waals surface area contributed by atoms with Crippen LogP contribution in [0.4, 0.5) is 5.13 Å². The third-order valence-electron chi connectivity index (χ3n) is 3.54. The average molecular weight is 279 g/mol. The van der Waals surface area contributed by atoms with Gasteiger partial charge in [-0.2, -0.15) is 5.10 Å². The first-order valence-electron chi connectivity index (χ1n) is 6.66. The number of hydrazone groups is 1. The van der Waals surface area contributed by atoms with Gasteiger partial charge in [-0.1, -0.05) is 47.7 Å². The summed E-state index contributed by atoms with van der Waals surface area (Å²) in [5, 5.41) is 5.39. The molecule has 0 spiro atoms. The number of hydrogen-bond acceptors (Lipinski definition) is 4. The Kier molecular flexibility index (Phi) is 2.74. The molecule has 1 heterocycles. The van der Waals surface area contributed by atoms with Gasteiger partial charge >= 0.3 is 0 Å². The first kappa shape index (κ1) is 11.6. The second-order valence-corrected chi connectivity index (χ2v) is 5.84. The molecule has 1 N–H and O–H groups in total. The van der Waals surface area contributed by atoms with E-state index in [1.807, 2.05) is 18.2 Å². The van der Waals surface area contributed by atoms with Crippen molar-refractivity contribution in [2.24, 2.45) is 5.10 Å². The number of hydrogen-bond donors (Lipinski definition) is 1. The molecule has 3 nitrogen and oxygen atoms in total. The molecule has 0 saturated heterocycles. The fourth-order valence-electron chi connectivity index (χ4n) is 2.56. The summed E-state index contributed by atoms with van der Waals surface area (Å²) in [6.45, 7) is 0. The third-order valence-corrected chi connectivity index (χ3v) is 4.48. The number of benzene rings is 2. The second-order valence-electron chi connectivity index (χ2n) is 4.81. The topological polar surface area (TPSA) is 37.3 Å². The molecule has 0 saturated carbocycles. The summed E-state index contributed by atoms with van der Waals surface area (Å²) in [5.74, 6) is 0. The van der Waals surface area contributed by atoms with Crippen LogP contribution in [-0.2, 0) is 6.42 Å². The van der Waals surface area contributed by atoms with E-state index in [9.17, 15) is 0 Å². The first-order valence-corrected chi connectivity index (χ1v) is 7.48. The van der Waals surface area contributed by atoms with Gasteiger partial charge in [0.05, 0.1) is 15.9 Å². The number of thiazole rings is 1. The Morgan fingerprint density at radius 1 is 1.00 bits per heavy atom. The molecular weight excluding hydrogens is 266 g/mol. The molecule has 4 rings (SSSR count). The van der Waals surface area contributed by atoms with E-state index in [-0.39, 0.29) is 0 Å². The van der Waals surface area contributed by atoms with Crippen LogP contribution in [0.3, 0.4) is 0 Å².